The zero-order valence-corrected chi connectivity index (χ0v) is 10.6. The topological polar surface area (TPSA) is 32.7 Å². The molecule has 4 atom stereocenters. The molecule has 0 spiro atoms. The van der Waals surface area contributed by atoms with Gasteiger partial charge in [0.05, 0.1) is 18.8 Å². The van der Waals surface area contributed by atoms with E-state index in [1.165, 1.54) is 12.8 Å². The van der Waals surface area contributed by atoms with Crippen LogP contribution in [-0.4, -0.2) is 47.4 Å². The van der Waals surface area contributed by atoms with Crippen molar-refractivity contribution in [1.29, 1.82) is 0 Å². The largest absolute Gasteiger partial charge is 0.391 e. The summed E-state index contributed by atoms with van der Waals surface area (Å²) in [5, 5.41) is 10.1. The molecule has 0 aromatic carbocycles. The van der Waals surface area contributed by atoms with Gasteiger partial charge in [0, 0.05) is 18.6 Å². The molecule has 1 saturated carbocycles. The van der Waals surface area contributed by atoms with Crippen LogP contribution in [0.3, 0.4) is 0 Å². The summed E-state index contributed by atoms with van der Waals surface area (Å²) in [6.45, 7) is 6.17. The van der Waals surface area contributed by atoms with Crippen molar-refractivity contribution in [2.45, 2.75) is 70.2 Å². The number of ether oxygens (including phenoxy) is 1. The lowest BCUT2D eigenvalue weighted by molar-refractivity contribution is -0.100. The lowest BCUT2D eigenvalue weighted by atomic mass is 9.89. The molecule has 2 fully saturated rings. The smallest absolute Gasteiger partial charge is 0.0695 e. The molecule has 0 amide bonds. The number of morpholine rings is 1. The van der Waals surface area contributed by atoms with E-state index in [-0.39, 0.29) is 6.10 Å². The maximum Gasteiger partial charge on any atom is 0.0695 e. The van der Waals surface area contributed by atoms with Crippen LogP contribution < -0.4 is 0 Å². The minimum absolute atomic E-state index is 0.118. The third kappa shape index (κ3) is 2.58. The SMILES string of the molecule is CCC1COC(C)CN1[C@H]1CCCC[C@@H]1O. The van der Waals surface area contributed by atoms with E-state index < -0.39 is 0 Å². The standard InChI is InChI=1S/C13H25NO2/c1-3-11-9-16-10(2)8-14(11)12-6-4-5-7-13(12)15/h10-13,15H,3-9H2,1-2H3/t10?,11?,12-,13-/m0/s1. The van der Waals surface area contributed by atoms with Gasteiger partial charge in [-0.15, -0.1) is 0 Å². The van der Waals surface area contributed by atoms with Crippen molar-refractivity contribution in [2.75, 3.05) is 13.2 Å². The van der Waals surface area contributed by atoms with E-state index in [0.717, 1.165) is 32.4 Å². The Morgan fingerprint density at radius 2 is 2.06 bits per heavy atom. The van der Waals surface area contributed by atoms with Crippen LogP contribution in [0.25, 0.3) is 0 Å². The summed E-state index contributed by atoms with van der Waals surface area (Å²) in [5.41, 5.74) is 0. The Labute approximate surface area is 98.8 Å². The summed E-state index contributed by atoms with van der Waals surface area (Å²) in [6, 6.07) is 0.888. The molecule has 1 aliphatic carbocycles. The number of hydrogen-bond acceptors (Lipinski definition) is 3. The first-order chi connectivity index (χ1) is 7.72. The second kappa shape index (κ2) is 5.48. The van der Waals surface area contributed by atoms with Crippen LogP contribution >= 0.6 is 0 Å². The Balaban J connectivity index is 2.02. The summed E-state index contributed by atoms with van der Waals surface area (Å²) < 4.78 is 5.71. The normalized spacial score (nSPS) is 42.2. The van der Waals surface area contributed by atoms with Gasteiger partial charge < -0.3 is 9.84 Å². The molecule has 2 aliphatic rings. The van der Waals surface area contributed by atoms with Gasteiger partial charge in [-0.1, -0.05) is 19.8 Å². The fourth-order valence-corrected chi connectivity index (χ4v) is 3.11. The second-order valence-corrected chi connectivity index (χ2v) is 5.32. The Kier molecular flexibility index (Phi) is 4.22. The molecule has 16 heavy (non-hydrogen) atoms. The zero-order chi connectivity index (χ0) is 11.5. The van der Waals surface area contributed by atoms with E-state index in [1.54, 1.807) is 0 Å². The molecule has 1 aliphatic heterocycles. The molecule has 0 radical (unpaired) electrons. The highest BCUT2D eigenvalue weighted by molar-refractivity contribution is 4.89. The van der Waals surface area contributed by atoms with Crippen molar-refractivity contribution < 1.29 is 9.84 Å². The second-order valence-electron chi connectivity index (χ2n) is 5.32. The van der Waals surface area contributed by atoms with Gasteiger partial charge in [0.15, 0.2) is 0 Å². The average Bonchev–Trinajstić information content (AvgIpc) is 2.29. The maximum absolute atomic E-state index is 10.1. The molecule has 94 valence electrons. The number of rotatable bonds is 2. The van der Waals surface area contributed by atoms with Gasteiger partial charge in [-0.05, 0) is 26.2 Å². The lowest BCUT2D eigenvalue weighted by Gasteiger charge is -2.46. The van der Waals surface area contributed by atoms with Crippen molar-refractivity contribution in [3.8, 4) is 0 Å². The monoisotopic (exact) mass is 227 g/mol. The molecule has 0 aromatic heterocycles. The van der Waals surface area contributed by atoms with Gasteiger partial charge in [0.2, 0.25) is 0 Å². The Bertz CT molecular complexity index is 222. The van der Waals surface area contributed by atoms with Crippen molar-refractivity contribution in [2.24, 2.45) is 0 Å². The first-order valence-electron chi connectivity index (χ1n) is 6.77. The van der Waals surface area contributed by atoms with Crippen LogP contribution in [0.1, 0.15) is 46.0 Å². The molecule has 1 saturated heterocycles. The van der Waals surface area contributed by atoms with E-state index in [0.29, 0.717) is 18.2 Å². The maximum atomic E-state index is 10.1. The first-order valence-corrected chi connectivity index (χ1v) is 6.77. The molecule has 0 aromatic rings. The number of aliphatic hydroxyl groups excluding tert-OH is 1. The third-order valence-electron chi connectivity index (χ3n) is 4.10. The molecular weight excluding hydrogens is 202 g/mol. The van der Waals surface area contributed by atoms with Crippen molar-refractivity contribution in [3.63, 3.8) is 0 Å². The van der Waals surface area contributed by atoms with Crippen LogP contribution in [0, 0.1) is 0 Å². The van der Waals surface area contributed by atoms with Crippen LogP contribution in [0.4, 0.5) is 0 Å². The van der Waals surface area contributed by atoms with Crippen LogP contribution in [0.15, 0.2) is 0 Å². The number of nitrogens with zero attached hydrogens (tertiary/aromatic N) is 1. The van der Waals surface area contributed by atoms with Crippen LogP contribution in [0.5, 0.6) is 0 Å². The third-order valence-corrected chi connectivity index (χ3v) is 4.10. The van der Waals surface area contributed by atoms with E-state index >= 15 is 0 Å². The summed E-state index contributed by atoms with van der Waals surface area (Å²) >= 11 is 0. The molecule has 0 bridgehead atoms. The highest BCUT2D eigenvalue weighted by Gasteiger charge is 2.35. The number of hydrogen-bond donors (Lipinski definition) is 1. The molecule has 3 nitrogen and oxygen atoms in total. The minimum Gasteiger partial charge on any atom is -0.391 e. The molecule has 2 rings (SSSR count). The summed E-state index contributed by atoms with van der Waals surface area (Å²) in [5.74, 6) is 0. The fourth-order valence-electron chi connectivity index (χ4n) is 3.11. The van der Waals surface area contributed by atoms with Gasteiger partial charge in [0.25, 0.3) is 0 Å². The predicted molar refractivity (Wildman–Crippen MR) is 64.5 cm³/mol. The van der Waals surface area contributed by atoms with Gasteiger partial charge in [-0.3, -0.25) is 4.90 Å². The van der Waals surface area contributed by atoms with Crippen LogP contribution in [0.2, 0.25) is 0 Å². The van der Waals surface area contributed by atoms with E-state index in [9.17, 15) is 5.11 Å². The van der Waals surface area contributed by atoms with E-state index in [2.05, 4.69) is 18.7 Å². The lowest BCUT2D eigenvalue weighted by Crippen LogP contribution is -2.57. The predicted octanol–water partition coefficient (Wildman–Crippen LogP) is 1.79. The molecule has 3 heteroatoms. The number of aliphatic hydroxyl groups is 1. The average molecular weight is 227 g/mol. The van der Waals surface area contributed by atoms with E-state index in [4.69, 9.17) is 4.74 Å². The first kappa shape index (κ1) is 12.3. The Morgan fingerprint density at radius 1 is 1.31 bits per heavy atom. The van der Waals surface area contributed by atoms with Crippen LogP contribution in [-0.2, 0) is 4.74 Å². The zero-order valence-electron chi connectivity index (χ0n) is 10.6. The Morgan fingerprint density at radius 3 is 2.75 bits per heavy atom. The molecule has 1 N–H and O–H groups in total. The molecule has 1 heterocycles. The van der Waals surface area contributed by atoms with Gasteiger partial charge in [0.1, 0.15) is 0 Å². The molecule has 2 unspecified atom stereocenters. The van der Waals surface area contributed by atoms with Crippen molar-refractivity contribution in [1.82, 2.24) is 4.90 Å². The van der Waals surface area contributed by atoms with E-state index in [1.807, 2.05) is 0 Å². The van der Waals surface area contributed by atoms with Crippen molar-refractivity contribution >= 4 is 0 Å². The van der Waals surface area contributed by atoms with Crippen molar-refractivity contribution in [3.05, 3.63) is 0 Å². The quantitative estimate of drug-likeness (QED) is 0.780. The fraction of sp³-hybridized carbons (Fsp3) is 1.00. The highest BCUT2D eigenvalue weighted by Crippen LogP contribution is 2.28. The summed E-state index contributed by atoms with van der Waals surface area (Å²) in [7, 11) is 0. The summed E-state index contributed by atoms with van der Waals surface area (Å²) in [6.07, 6.45) is 5.91. The minimum atomic E-state index is -0.118. The van der Waals surface area contributed by atoms with Gasteiger partial charge in [-0.2, -0.15) is 0 Å². The van der Waals surface area contributed by atoms with Gasteiger partial charge >= 0.3 is 0 Å². The Hall–Kier alpha value is -0.120. The highest BCUT2D eigenvalue weighted by atomic mass is 16.5. The summed E-state index contributed by atoms with van der Waals surface area (Å²) in [4.78, 5) is 2.51. The van der Waals surface area contributed by atoms with Gasteiger partial charge in [-0.25, -0.2) is 0 Å². The molecular formula is C13H25NO2.